The molecule has 2 aromatic rings. The Kier molecular flexibility index (Phi) is 7.94. The number of aliphatic hydroxyl groups excluding tert-OH is 1. The highest BCUT2D eigenvalue weighted by atomic mass is 79.9. The smallest absolute Gasteiger partial charge is 0.250 e. The maximum absolute atomic E-state index is 12.3. The van der Waals surface area contributed by atoms with Gasteiger partial charge in [-0.2, -0.15) is 4.98 Å². The zero-order chi connectivity index (χ0) is 20.0. The van der Waals surface area contributed by atoms with E-state index in [1.165, 1.54) is 6.07 Å². The SMILES string of the molecule is C[C@H](CO)Nc1nc(Nc2csc(S(=O)(=O)NCCN(C)C)c2)ncc1Br. The van der Waals surface area contributed by atoms with E-state index in [0.29, 0.717) is 35.0 Å². The summed E-state index contributed by atoms with van der Waals surface area (Å²) in [5.41, 5.74) is 0.580. The number of hydrogen-bond donors (Lipinski definition) is 4. The molecule has 0 aromatic carbocycles. The Balaban J connectivity index is 2.08. The number of rotatable bonds is 10. The Labute approximate surface area is 171 Å². The van der Waals surface area contributed by atoms with Crippen molar-refractivity contribution in [2.45, 2.75) is 17.2 Å². The predicted molar refractivity (Wildman–Crippen MR) is 111 cm³/mol. The molecule has 0 aliphatic rings. The van der Waals surface area contributed by atoms with Gasteiger partial charge in [0.15, 0.2) is 0 Å². The molecule has 150 valence electrons. The molecule has 12 heteroatoms. The van der Waals surface area contributed by atoms with E-state index in [-0.39, 0.29) is 16.9 Å². The Morgan fingerprint density at radius 1 is 1.41 bits per heavy atom. The molecule has 9 nitrogen and oxygen atoms in total. The molecular formula is C15H23BrN6O3S2. The van der Waals surface area contributed by atoms with Crippen molar-refractivity contribution in [2.24, 2.45) is 0 Å². The van der Waals surface area contributed by atoms with Gasteiger partial charge in [-0.3, -0.25) is 0 Å². The topological polar surface area (TPSA) is 119 Å². The molecule has 1 atom stereocenters. The Hall–Kier alpha value is -1.31. The summed E-state index contributed by atoms with van der Waals surface area (Å²) in [6.45, 7) is 2.74. The molecular weight excluding hydrogens is 456 g/mol. The second-order valence-corrected chi connectivity index (χ2v) is 9.86. The number of sulfonamides is 1. The number of anilines is 3. The lowest BCUT2D eigenvalue weighted by Gasteiger charge is -2.13. The number of hydrogen-bond acceptors (Lipinski definition) is 9. The summed E-state index contributed by atoms with van der Waals surface area (Å²) in [5, 5.41) is 16.9. The molecule has 0 saturated heterocycles. The average molecular weight is 479 g/mol. The minimum Gasteiger partial charge on any atom is -0.394 e. The predicted octanol–water partition coefficient (Wildman–Crippen LogP) is 1.68. The number of aromatic nitrogens is 2. The van der Waals surface area contributed by atoms with Crippen LogP contribution in [-0.4, -0.2) is 68.2 Å². The van der Waals surface area contributed by atoms with E-state index in [0.717, 1.165) is 11.3 Å². The van der Waals surface area contributed by atoms with Crippen molar-refractivity contribution in [1.82, 2.24) is 19.6 Å². The first-order valence-corrected chi connectivity index (χ1v) is 11.3. The summed E-state index contributed by atoms with van der Waals surface area (Å²) in [7, 11) is 0.210. The third kappa shape index (κ3) is 6.66. The lowest BCUT2D eigenvalue weighted by Crippen LogP contribution is -2.30. The van der Waals surface area contributed by atoms with Crippen LogP contribution >= 0.6 is 27.3 Å². The first-order valence-electron chi connectivity index (χ1n) is 8.11. The number of nitrogens with one attached hydrogen (secondary N) is 3. The standard InChI is InChI=1S/C15H23BrN6O3S2/c1-10(8-23)19-14-12(16)7-17-15(21-14)20-11-6-13(26-9-11)27(24,25)18-4-5-22(2)3/h6-7,9-10,18,23H,4-5,8H2,1-3H3,(H2,17,19,20,21)/t10-/m1/s1. The molecule has 0 radical (unpaired) electrons. The number of thiophene rings is 1. The van der Waals surface area contributed by atoms with E-state index in [2.05, 4.69) is 41.3 Å². The molecule has 4 N–H and O–H groups in total. The molecule has 0 spiro atoms. The fourth-order valence-electron chi connectivity index (χ4n) is 1.93. The van der Waals surface area contributed by atoms with E-state index >= 15 is 0 Å². The first kappa shape index (κ1) is 22.0. The van der Waals surface area contributed by atoms with Crippen molar-refractivity contribution in [1.29, 1.82) is 0 Å². The molecule has 0 unspecified atom stereocenters. The van der Waals surface area contributed by atoms with Crippen LogP contribution in [0.25, 0.3) is 0 Å². The van der Waals surface area contributed by atoms with Gasteiger partial charge in [0.1, 0.15) is 10.0 Å². The Morgan fingerprint density at radius 3 is 2.81 bits per heavy atom. The van der Waals surface area contributed by atoms with Crippen LogP contribution in [0.15, 0.2) is 26.3 Å². The van der Waals surface area contributed by atoms with Crippen LogP contribution in [0.4, 0.5) is 17.5 Å². The number of halogens is 1. The van der Waals surface area contributed by atoms with Gasteiger partial charge in [-0.05, 0) is 43.0 Å². The third-order valence-corrected chi connectivity index (χ3v) is 6.83. The van der Waals surface area contributed by atoms with Gasteiger partial charge in [-0.1, -0.05) is 0 Å². The Bertz CT molecular complexity index is 859. The fraction of sp³-hybridized carbons (Fsp3) is 0.467. The molecule has 2 rings (SSSR count). The first-order chi connectivity index (χ1) is 12.7. The van der Waals surface area contributed by atoms with Gasteiger partial charge in [-0.15, -0.1) is 11.3 Å². The van der Waals surface area contributed by atoms with Crippen LogP contribution in [0.2, 0.25) is 0 Å². The zero-order valence-corrected chi connectivity index (χ0v) is 18.4. The number of nitrogens with zero attached hydrogens (tertiary/aromatic N) is 3. The van der Waals surface area contributed by atoms with Crippen LogP contribution in [0.1, 0.15) is 6.92 Å². The Morgan fingerprint density at radius 2 is 2.15 bits per heavy atom. The summed E-state index contributed by atoms with van der Waals surface area (Å²) in [6.07, 6.45) is 1.58. The maximum Gasteiger partial charge on any atom is 0.250 e. The fourth-order valence-corrected chi connectivity index (χ4v) is 4.42. The van der Waals surface area contributed by atoms with Crippen molar-refractivity contribution in [3.8, 4) is 0 Å². The molecule has 2 heterocycles. The van der Waals surface area contributed by atoms with Crippen molar-refractivity contribution in [3.63, 3.8) is 0 Å². The van der Waals surface area contributed by atoms with Gasteiger partial charge < -0.3 is 20.6 Å². The second-order valence-electron chi connectivity index (χ2n) is 6.10. The normalized spacial score (nSPS) is 13.0. The van der Waals surface area contributed by atoms with Gasteiger partial charge in [-0.25, -0.2) is 18.1 Å². The molecule has 0 aliphatic carbocycles. The van der Waals surface area contributed by atoms with Crippen molar-refractivity contribution in [3.05, 3.63) is 22.1 Å². The summed E-state index contributed by atoms with van der Waals surface area (Å²) in [4.78, 5) is 10.4. The van der Waals surface area contributed by atoms with E-state index in [9.17, 15) is 8.42 Å². The summed E-state index contributed by atoms with van der Waals surface area (Å²) in [5.74, 6) is 0.843. The highest BCUT2D eigenvalue weighted by Gasteiger charge is 2.17. The van der Waals surface area contributed by atoms with Gasteiger partial charge in [0.2, 0.25) is 16.0 Å². The lowest BCUT2D eigenvalue weighted by atomic mass is 10.3. The van der Waals surface area contributed by atoms with Gasteiger partial charge in [0.05, 0.1) is 16.8 Å². The summed E-state index contributed by atoms with van der Waals surface area (Å²) in [6, 6.07) is 1.37. The molecule has 0 aliphatic heterocycles. The van der Waals surface area contributed by atoms with E-state index in [1.807, 2.05) is 25.9 Å². The van der Waals surface area contributed by atoms with Crippen molar-refractivity contribution in [2.75, 3.05) is 44.4 Å². The number of aliphatic hydroxyl groups is 1. The van der Waals surface area contributed by atoms with E-state index < -0.39 is 10.0 Å². The molecule has 2 aromatic heterocycles. The lowest BCUT2D eigenvalue weighted by molar-refractivity contribution is 0.281. The zero-order valence-electron chi connectivity index (χ0n) is 15.2. The van der Waals surface area contributed by atoms with Crippen LogP contribution in [0.5, 0.6) is 0 Å². The van der Waals surface area contributed by atoms with Gasteiger partial charge in [0, 0.05) is 30.7 Å². The number of likely N-dealkylation sites (N-methyl/N-ethyl adjacent to an activating group) is 1. The highest BCUT2D eigenvalue weighted by Crippen LogP contribution is 2.27. The van der Waals surface area contributed by atoms with Gasteiger partial charge >= 0.3 is 0 Å². The molecule has 0 amide bonds. The van der Waals surface area contributed by atoms with E-state index in [4.69, 9.17) is 5.11 Å². The van der Waals surface area contributed by atoms with Crippen molar-refractivity contribution >= 4 is 54.7 Å². The highest BCUT2D eigenvalue weighted by molar-refractivity contribution is 9.10. The van der Waals surface area contributed by atoms with Gasteiger partial charge in [0.25, 0.3) is 0 Å². The van der Waals surface area contributed by atoms with Crippen LogP contribution in [0.3, 0.4) is 0 Å². The minimum atomic E-state index is -3.55. The van der Waals surface area contributed by atoms with Crippen LogP contribution in [-0.2, 0) is 10.0 Å². The van der Waals surface area contributed by atoms with E-state index in [1.54, 1.807) is 11.6 Å². The quantitative estimate of drug-likeness (QED) is 0.407. The molecule has 0 fully saturated rings. The van der Waals surface area contributed by atoms with Crippen LogP contribution in [0, 0.1) is 0 Å². The molecule has 0 bridgehead atoms. The third-order valence-electron chi connectivity index (χ3n) is 3.35. The van der Waals surface area contributed by atoms with Crippen LogP contribution < -0.4 is 15.4 Å². The monoisotopic (exact) mass is 478 g/mol. The second kappa shape index (κ2) is 9.75. The molecule has 0 saturated carbocycles. The maximum atomic E-state index is 12.3. The summed E-state index contributed by atoms with van der Waals surface area (Å²) < 4.78 is 28.1. The largest absolute Gasteiger partial charge is 0.394 e. The minimum absolute atomic E-state index is 0.0359. The molecule has 27 heavy (non-hydrogen) atoms. The summed E-state index contributed by atoms with van der Waals surface area (Å²) >= 11 is 4.47. The average Bonchev–Trinajstić information content (AvgIpc) is 3.06. The van der Waals surface area contributed by atoms with Crippen molar-refractivity contribution < 1.29 is 13.5 Å².